The van der Waals surface area contributed by atoms with Crippen molar-refractivity contribution in [1.82, 2.24) is 0 Å². The maximum absolute atomic E-state index is 13.2. The van der Waals surface area contributed by atoms with Crippen molar-refractivity contribution < 1.29 is 14.1 Å². The molecule has 3 nitrogen and oxygen atoms in total. The van der Waals surface area contributed by atoms with E-state index in [2.05, 4.69) is 5.32 Å². The van der Waals surface area contributed by atoms with Gasteiger partial charge in [0.25, 0.3) is 5.70 Å². The van der Waals surface area contributed by atoms with E-state index >= 15 is 0 Å². The number of aliphatic hydroxyl groups is 1. The third kappa shape index (κ3) is 4.38. The molecule has 5 heteroatoms. The van der Waals surface area contributed by atoms with Gasteiger partial charge in [-0.15, -0.1) is 0 Å². The molecule has 1 heterocycles. The number of anilines is 1. The van der Waals surface area contributed by atoms with Gasteiger partial charge >= 0.3 is 0 Å². The highest BCUT2D eigenvalue weighted by molar-refractivity contribution is 7.81. The van der Waals surface area contributed by atoms with Gasteiger partial charge in [-0.05, 0) is 55.3 Å². The number of aliphatic hydroxyl groups excluding tert-OH is 1. The second-order valence-electron chi connectivity index (χ2n) is 6.24. The van der Waals surface area contributed by atoms with E-state index in [4.69, 9.17) is 12.2 Å². The molecule has 0 aliphatic carbocycles. The molecule has 0 saturated carbocycles. The van der Waals surface area contributed by atoms with Crippen LogP contribution in [0.3, 0.4) is 0 Å². The molecule has 0 spiro atoms. The summed E-state index contributed by atoms with van der Waals surface area (Å²) in [5, 5.41) is 14.1. The SMILES string of the molecule is Cc1ccc(/C(O)=C(\C(=S)Nc2ccc(F)cc2)[n+]2ccccc2)cc1C. The quantitative estimate of drug-likeness (QED) is 0.288. The summed E-state index contributed by atoms with van der Waals surface area (Å²) in [5.74, 6) is -0.258. The van der Waals surface area contributed by atoms with Gasteiger partial charge in [-0.25, -0.2) is 4.39 Å². The molecule has 1 aromatic heterocycles. The van der Waals surface area contributed by atoms with Crippen LogP contribution in [0.2, 0.25) is 0 Å². The van der Waals surface area contributed by atoms with Gasteiger partial charge in [0.05, 0.1) is 0 Å². The Labute approximate surface area is 163 Å². The van der Waals surface area contributed by atoms with Crippen molar-refractivity contribution in [2.45, 2.75) is 13.8 Å². The van der Waals surface area contributed by atoms with Crippen LogP contribution in [0, 0.1) is 19.7 Å². The van der Waals surface area contributed by atoms with Crippen LogP contribution >= 0.6 is 12.2 Å². The number of pyridine rings is 1. The minimum atomic E-state index is -0.322. The maximum atomic E-state index is 13.2. The molecule has 0 atom stereocenters. The number of aryl methyl sites for hydroxylation is 2. The predicted molar refractivity (Wildman–Crippen MR) is 111 cm³/mol. The highest BCUT2D eigenvalue weighted by atomic mass is 32.1. The standard InChI is InChI=1S/C22H19FN2OS/c1-15-6-7-17(14-16(15)2)21(26)20(25-12-4-3-5-13-25)22(27)24-19-10-8-18(23)9-11-19/h3-14H,1-2H3,(H-,24,26,27)/p+1. The van der Waals surface area contributed by atoms with Crippen LogP contribution in [0.15, 0.2) is 73.1 Å². The summed E-state index contributed by atoms with van der Waals surface area (Å²) >= 11 is 5.56. The minimum absolute atomic E-state index is 0.0638. The van der Waals surface area contributed by atoms with Crippen LogP contribution < -0.4 is 9.88 Å². The molecular formula is C22H20FN2OS+. The van der Waals surface area contributed by atoms with Gasteiger partial charge < -0.3 is 10.4 Å². The molecule has 0 saturated heterocycles. The monoisotopic (exact) mass is 379 g/mol. The first-order valence-electron chi connectivity index (χ1n) is 8.50. The highest BCUT2D eigenvalue weighted by Crippen LogP contribution is 2.21. The topological polar surface area (TPSA) is 36.1 Å². The highest BCUT2D eigenvalue weighted by Gasteiger charge is 2.23. The van der Waals surface area contributed by atoms with E-state index in [-0.39, 0.29) is 11.6 Å². The van der Waals surface area contributed by atoms with E-state index in [0.29, 0.717) is 21.9 Å². The number of nitrogens with zero attached hydrogens (tertiary/aromatic N) is 1. The summed E-state index contributed by atoms with van der Waals surface area (Å²) in [6.07, 6.45) is 3.62. The molecule has 27 heavy (non-hydrogen) atoms. The average Bonchev–Trinajstić information content (AvgIpc) is 2.67. The lowest BCUT2D eigenvalue weighted by Gasteiger charge is -2.11. The van der Waals surface area contributed by atoms with Crippen LogP contribution in [-0.4, -0.2) is 10.1 Å². The van der Waals surface area contributed by atoms with Gasteiger partial charge in [-0.2, -0.15) is 4.57 Å². The lowest BCUT2D eigenvalue weighted by molar-refractivity contribution is -0.575. The molecule has 2 N–H and O–H groups in total. The van der Waals surface area contributed by atoms with E-state index in [9.17, 15) is 9.50 Å². The average molecular weight is 379 g/mol. The Morgan fingerprint density at radius 3 is 2.26 bits per heavy atom. The van der Waals surface area contributed by atoms with Gasteiger partial charge in [0.1, 0.15) is 5.82 Å². The number of hydrogen-bond acceptors (Lipinski definition) is 2. The van der Waals surface area contributed by atoms with E-state index in [1.54, 1.807) is 16.7 Å². The zero-order valence-corrected chi connectivity index (χ0v) is 15.9. The molecule has 3 rings (SSSR count). The van der Waals surface area contributed by atoms with Gasteiger partial charge in [-0.1, -0.05) is 30.4 Å². The van der Waals surface area contributed by atoms with Crippen LogP contribution in [0.4, 0.5) is 10.1 Å². The van der Waals surface area contributed by atoms with Crippen molar-refractivity contribution in [1.29, 1.82) is 0 Å². The number of benzene rings is 2. The van der Waals surface area contributed by atoms with Crippen molar-refractivity contribution in [3.05, 3.63) is 95.6 Å². The molecule has 0 aliphatic rings. The van der Waals surface area contributed by atoms with Crippen molar-refractivity contribution >= 4 is 34.3 Å². The first-order chi connectivity index (χ1) is 13.0. The molecule has 2 aromatic carbocycles. The summed E-state index contributed by atoms with van der Waals surface area (Å²) < 4.78 is 14.9. The first kappa shape index (κ1) is 18.7. The minimum Gasteiger partial charge on any atom is -0.502 e. The van der Waals surface area contributed by atoms with Crippen LogP contribution in [0.25, 0.3) is 11.5 Å². The second-order valence-corrected chi connectivity index (χ2v) is 6.65. The number of thiocarbonyl (C=S) groups is 1. The lowest BCUT2D eigenvalue weighted by Crippen LogP contribution is -2.38. The van der Waals surface area contributed by atoms with Crippen LogP contribution in [0.1, 0.15) is 16.7 Å². The molecule has 0 aliphatic heterocycles. The third-order valence-corrected chi connectivity index (χ3v) is 4.59. The molecule has 0 fully saturated rings. The Morgan fingerprint density at radius 2 is 1.63 bits per heavy atom. The van der Waals surface area contributed by atoms with Crippen LogP contribution in [0.5, 0.6) is 0 Å². The van der Waals surface area contributed by atoms with Crippen LogP contribution in [-0.2, 0) is 0 Å². The number of aromatic nitrogens is 1. The molecule has 0 unspecified atom stereocenters. The van der Waals surface area contributed by atoms with E-state index in [1.165, 1.54) is 12.1 Å². The predicted octanol–water partition coefficient (Wildman–Crippen LogP) is 5.05. The summed E-state index contributed by atoms with van der Waals surface area (Å²) in [7, 11) is 0. The van der Waals surface area contributed by atoms with E-state index < -0.39 is 0 Å². The second kappa shape index (κ2) is 8.10. The number of rotatable bonds is 4. The van der Waals surface area contributed by atoms with Crippen molar-refractivity contribution in [3.63, 3.8) is 0 Å². The van der Waals surface area contributed by atoms with Gasteiger partial charge in [-0.3, -0.25) is 0 Å². The van der Waals surface area contributed by atoms with Crippen molar-refractivity contribution in [2.24, 2.45) is 0 Å². The Morgan fingerprint density at radius 1 is 0.963 bits per heavy atom. The number of hydrogen-bond donors (Lipinski definition) is 2. The van der Waals surface area contributed by atoms with Crippen molar-refractivity contribution in [3.8, 4) is 0 Å². The maximum Gasteiger partial charge on any atom is 0.288 e. The largest absolute Gasteiger partial charge is 0.502 e. The molecule has 136 valence electrons. The van der Waals surface area contributed by atoms with Gasteiger partial charge in [0.15, 0.2) is 23.1 Å². The molecule has 3 aromatic rings. The molecule has 0 bridgehead atoms. The zero-order valence-electron chi connectivity index (χ0n) is 15.1. The fourth-order valence-corrected chi connectivity index (χ4v) is 2.96. The zero-order chi connectivity index (χ0) is 19.4. The fraction of sp³-hybridized carbons (Fsp3) is 0.0909. The van der Waals surface area contributed by atoms with Gasteiger partial charge in [0, 0.05) is 23.4 Å². The van der Waals surface area contributed by atoms with Gasteiger partial charge in [0.2, 0.25) is 0 Å². The molecular weight excluding hydrogens is 359 g/mol. The third-order valence-electron chi connectivity index (χ3n) is 4.30. The number of nitrogens with one attached hydrogen (secondary N) is 1. The number of halogens is 1. The van der Waals surface area contributed by atoms with E-state index in [0.717, 1.165) is 11.1 Å². The Kier molecular flexibility index (Phi) is 5.62. The molecule has 0 radical (unpaired) electrons. The summed E-state index contributed by atoms with van der Waals surface area (Å²) in [6.45, 7) is 4.02. The Balaban J connectivity index is 2.06. The summed E-state index contributed by atoms with van der Waals surface area (Å²) in [6, 6.07) is 17.3. The Bertz CT molecular complexity index is 999. The van der Waals surface area contributed by atoms with Crippen molar-refractivity contribution in [2.75, 3.05) is 5.32 Å². The lowest BCUT2D eigenvalue weighted by atomic mass is 10.0. The first-order valence-corrected chi connectivity index (χ1v) is 8.91. The summed E-state index contributed by atoms with van der Waals surface area (Å²) in [5.41, 5.74) is 3.98. The smallest absolute Gasteiger partial charge is 0.288 e. The fourth-order valence-electron chi connectivity index (χ4n) is 2.64. The summed E-state index contributed by atoms with van der Waals surface area (Å²) in [4.78, 5) is 0.327. The Hall–Kier alpha value is -3.05. The molecule has 0 amide bonds. The van der Waals surface area contributed by atoms with E-state index in [1.807, 2.05) is 62.6 Å². The normalized spacial score (nSPS) is 11.7.